The Hall–Kier alpha value is -2.44. The zero-order valence-corrected chi connectivity index (χ0v) is 16.2. The summed E-state index contributed by atoms with van der Waals surface area (Å²) >= 11 is 0. The molecule has 3 aromatic rings. The lowest BCUT2D eigenvalue weighted by atomic mass is 9.94. The van der Waals surface area contributed by atoms with Crippen LogP contribution in [0.3, 0.4) is 0 Å². The Balaban J connectivity index is 1.68. The summed E-state index contributed by atoms with van der Waals surface area (Å²) < 4.78 is 41.8. The van der Waals surface area contributed by atoms with E-state index in [0.29, 0.717) is 16.9 Å². The van der Waals surface area contributed by atoms with Crippen LogP contribution in [0.2, 0.25) is 0 Å². The zero-order valence-electron chi connectivity index (χ0n) is 15.4. The molecule has 1 saturated heterocycles. The van der Waals surface area contributed by atoms with Gasteiger partial charge in [-0.25, -0.2) is 16.8 Å². The van der Waals surface area contributed by atoms with Crippen LogP contribution >= 0.6 is 0 Å². The van der Waals surface area contributed by atoms with Gasteiger partial charge in [0.15, 0.2) is 0 Å². The second kappa shape index (κ2) is 6.57. The lowest BCUT2D eigenvalue weighted by molar-refractivity contribution is 0.275. The first kappa shape index (κ1) is 17.6. The first-order valence-corrected chi connectivity index (χ1v) is 11.0. The van der Waals surface area contributed by atoms with Crippen LogP contribution in [0.4, 0.5) is 4.39 Å². The maximum atomic E-state index is 14.0. The Kier molecular flexibility index (Phi) is 4.14. The summed E-state index contributed by atoms with van der Waals surface area (Å²) in [4.78, 5) is 2.69. The fourth-order valence-corrected chi connectivity index (χ4v) is 5.88. The molecule has 1 atom stereocenters. The van der Waals surface area contributed by atoms with E-state index in [2.05, 4.69) is 11.0 Å². The van der Waals surface area contributed by atoms with Crippen molar-refractivity contribution in [2.45, 2.75) is 30.2 Å². The third-order valence-corrected chi connectivity index (χ3v) is 7.59. The molecule has 2 aliphatic rings. The highest BCUT2D eigenvalue weighted by Crippen LogP contribution is 2.37. The van der Waals surface area contributed by atoms with Crippen LogP contribution < -0.4 is 0 Å². The summed E-state index contributed by atoms with van der Waals surface area (Å²) in [5.74, 6) is -0.359. The Bertz CT molecular complexity index is 1180. The number of fused-ring (bicyclic) bond motifs is 2. The average Bonchev–Trinajstić information content (AvgIpc) is 3.32. The molecule has 0 N–H and O–H groups in total. The second-order valence-corrected chi connectivity index (χ2v) is 9.36. The third kappa shape index (κ3) is 2.79. The Morgan fingerprint density at radius 1 is 1.07 bits per heavy atom. The number of benzene rings is 2. The fourth-order valence-electron chi connectivity index (χ4n) is 4.48. The summed E-state index contributed by atoms with van der Waals surface area (Å²) in [6.45, 7) is 1.99. The quantitative estimate of drug-likeness (QED) is 0.664. The van der Waals surface area contributed by atoms with E-state index in [-0.39, 0.29) is 10.7 Å². The van der Waals surface area contributed by atoms with Crippen molar-refractivity contribution in [1.29, 1.82) is 0 Å². The molecule has 28 heavy (non-hydrogen) atoms. The summed E-state index contributed by atoms with van der Waals surface area (Å²) in [6.07, 6.45) is 7.07. The summed E-state index contributed by atoms with van der Waals surface area (Å²) in [5, 5.41) is 0.650. The minimum atomic E-state index is -3.76. The van der Waals surface area contributed by atoms with Crippen molar-refractivity contribution in [2.24, 2.45) is 0 Å². The average molecular weight is 396 g/mol. The number of hydrogen-bond donors (Lipinski definition) is 0. The predicted molar refractivity (Wildman–Crippen MR) is 108 cm³/mol. The standard InChI is InChI=1S/C22H21FN2O2S/c23-17-8-9-22-20(14-17)21(16-10-12-24-11-4-5-18(24)13-16)15-25(22)28(26,27)19-6-2-1-3-7-19/h1-3,6-10,14-15,18H,4-5,11-13H2/t18-/m1/s1. The van der Waals surface area contributed by atoms with E-state index in [4.69, 9.17) is 0 Å². The SMILES string of the molecule is O=S(=O)(c1ccccc1)n1cc(C2=CCN3CCC[C@@H]3C2)c2cc(F)ccc21. The van der Waals surface area contributed by atoms with Crippen LogP contribution in [-0.4, -0.2) is 36.4 Å². The number of halogens is 1. The van der Waals surface area contributed by atoms with Crippen molar-refractivity contribution in [1.82, 2.24) is 8.87 Å². The normalized spacial score (nSPS) is 20.3. The van der Waals surface area contributed by atoms with Gasteiger partial charge in [0.2, 0.25) is 0 Å². The summed E-state index contributed by atoms with van der Waals surface area (Å²) in [6, 6.07) is 13.2. The number of hydrogen-bond acceptors (Lipinski definition) is 3. The molecule has 144 valence electrons. The van der Waals surface area contributed by atoms with E-state index in [1.54, 1.807) is 42.6 Å². The molecule has 0 bridgehead atoms. The molecule has 1 aromatic heterocycles. The van der Waals surface area contributed by atoms with Crippen molar-refractivity contribution < 1.29 is 12.8 Å². The minimum Gasteiger partial charge on any atom is -0.296 e. The Morgan fingerprint density at radius 2 is 1.89 bits per heavy atom. The molecular weight excluding hydrogens is 375 g/mol. The highest BCUT2D eigenvalue weighted by Gasteiger charge is 2.30. The molecule has 0 unspecified atom stereocenters. The maximum absolute atomic E-state index is 14.0. The van der Waals surface area contributed by atoms with E-state index in [9.17, 15) is 12.8 Å². The molecule has 6 heteroatoms. The van der Waals surface area contributed by atoms with Crippen molar-refractivity contribution in [3.63, 3.8) is 0 Å². The van der Waals surface area contributed by atoms with Crippen molar-refractivity contribution in [2.75, 3.05) is 13.1 Å². The van der Waals surface area contributed by atoms with Crippen molar-refractivity contribution in [3.05, 3.63) is 72.2 Å². The first-order chi connectivity index (χ1) is 13.5. The van der Waals surface area contributed by atoms with E-state index < -0.39 is 10.0 Å². The van der Waals surface area contributed by atoms with E-state index in [1.165, 1.54) is 22.5 Å². The highest BCUT2D eigenvalue weighted by atomic mass is 32.2. The predicted octanol–water partition coefficient (Wildman–Crippen LogP) is 4.27. The first-order valence-electron chi connectivity index (χ1n) is 9.59. The van der Waals surface area contributed by atoms with Gasteiger partial charge in [-0.3, -0.25) is 4.90 Å². The molecular formula is C22H21FN2O2S. The highest BCUT2D eigenvalue weighted by molar-refractivity contribution is 7.90. The van der Waals surface area contributed by atoms with Crippen LogP contribution in [0, 0.1) is 5.82 Å². The van der Waals surface area contributed by atoms with Crippen LogP contribution in [0.5, 0.6) is 0 Å². The van der Waals surface area contributed by atoms with Crippen LogP contribution in [-0.2, 0) is 10.0 Å². The van der Waals surface area contributed by atoms with Gasteiger partial charge in [-0.05, 0) is 61.7 Å². The van der Waals surface area contributed by atoms with Gasteiger partial charge in [0, 0.05) is 29.7 Å². The lowest BCUT2D eigenvalue weighted by Crippen LogP contribution is -2.32. The number of nitrogens with zero attached hydrogens (tertiary/aromatic N) is 2. The molecule has 0 aliphatic carbocycles. The molecule has 2 aromatic carbocycles. The minimum absolute atomic E-state index is 0.224. The molecule has 0 amide bonds. The van der Waals surface area contributed by atoms with Crippen LogP contribution in [0.25, 0.3) is 16.5 Å². The lowest BCUT2D eigenvalue weighted by Gasteiger charge is -2.29. The zero-order chi connectivity index (χ0) is 19.3. The fraction of sp³-hybridized carbons (Fsp3) is 0.273. The monoisotopic (exact) mass is 396 g/mol. The molecule has 5 rings (SSSR count). The van der Waals surface area contributed by atoms with Gasteiger partial charge in [-0.1, -0.05) is 24.3 Å². The summed E-state index contributed by atoms with van der Waals surface area (Å²) in [7, 11) is -3.76. The third-order valence-electron chi connectivity index (χ3n) is 5.91. The van der Waals surface area contributed by atoms with Gasteiger partial charge in [-0.2, -0.15) is 0 Å². The summed E-state index contributed by atoms with van der Waals surface area (Å²) in [5.41, 5.74) is 2.44. The van der Waals surface area contributed by atoms with Gasteiger partial charge >= 0.3 is 0 Å². The van der Waals surface area contributed by atoms with E-state index in [1.807, 2.05) is 0 Å². The second-order valence-electron chi connectivity index (χ2n) is 7.54. The molecule has 4 nitrogen and oxygen atoms in total. The van der Waals surface area contributed by atoms with Gasteiger partial charge in [0.05, 0.1) is 10.4 Å². The van der Waals surface area contributed by atoms with Gasteiger partial charge < -0.3 is 0 Å². The number of rotatable bonds is 3. The van der Waals surface area contributed by atoms with Crippen molar-refractivity contribution in [3.8, 4) is 0 Å². The molecule has 3 heterocycles. The van der Waals surface area contributed by atoms with Crippen LogP contribution in [0.15, 0.2) is 65.7 Å². The smallest absolute Gasteiger partial charge is 0.268 e. The largest absolute Gasteiger partial charge is 0.296 e. The molecule has 0 radical (unpaired) electrons. The number of aromatic nitrogens is 1. The molecule has 1 fully saturated rings. The van der Waals surface area contributed by atoms with E-state index >= 15 is 0 Å². The van der Waals surface area contributed by atoms with Gasteiger partial charge in [0.25, 0.3) is 10.0 Å². The topological polar surface area (TPSA) is 42.3 Å². The maximum Gasteiger partial charge on any atom is 0.268 e. The Morgan fingerprint density at radius 3 is 2.71 bits per heavy atom. The van der Waals surface area contributed by atoms with Crippen LogP contribution in [0.1, 0.15) is 24.8 Å². The van der Waals surface area contributed by atoms with E-state index in [0.717, 1.165) is 37.1 Å². The van der Waals surface area contributed by atoms with Crippen molar-refractivity contribution >= 4 is 26.5 Å². The van der Waals surface area contributed by atoms with Gasteiger partial charge in [0.1, 0.15) is 5.82 Å². The molecule has 0 saturated carbocycles. The molecule has 0 spiro atoms. The Labute approximate surface area is 163 Å². The molecule has 2 aliphatic heterocycles. The van der Waals surface area contributed by atoms with Gasteiger partial charge in [-0.15, -0.1) is 0 Å².